The Morgan fingerprint density at radius 2 is 1.93 bits per heavy atom. The van der Waals surface area contributed by atoms with E-state index in [2.05, 4.69) is 56.5 Å². The van der Waals surface area contributed by atoms with Crippen LogP contribution in [0.15, 0.2) is 67.1 Å². The number of rotatable bonds is 5. The van der Waals surface area contributed by atoms with Crippen LogP contribution in [0.3, 0.4) is 0 Å². The zero-order chi connectivity index (χ0) is 20.3. The molecule has 1 aliphatic heterocycles. The number of methoxy groups -OCH3 is 1. The summed E-state index contributed by atoms with van der Waals surface area (Å²) >= 11 is 0. The Morgan fingerprint density at radius 3 is 2.80 bits per heavy atom. The lowest BCUT2D eigenvalue weighted by Gasteiger charge is -2.15. The van der Waals surface area contributed by atoms with Crippen LogP contribution in [0.1, 0.15) is 22.4 Å². The maximum atomic E-state index is 5.34. The smallest absolute Gasteiger partial charge is 0.226 e. The predicted octanol–water partition coefficient (Wildman–Crippen LogP) is 4.57. The second kappa shape index (κ2) is 7.83. The van der Waals surface area contributed by atoms with Crippen molar-refractivity contribution in [3.05, 3.63) is 89.5 Å². The number of aromatic nitrogens is 4. The van der Waals surface area contributed by atoms with Gasteiger partial charge in [-0.2, -0.15) is 5.10 Å². The minimum Gasteiger partial charge on any atom is -0.497 e. The molecule has 6 heteroatoms. The highest BCUT2D eigenvalue weighted by Crippen LogP contribution is 2.29. The molecule has 0 radical (unpaired) electrons. The van der Waals surface area contributed by atoms with Gasteiger partial charge in [0.1, 0.15) is 5.75 Å². The Bertz CT molecular complexity index is 1200. The van der Waals surface area contributed by atoms with Gasteiger partial charge in [0.15, 0.2) is 0 Å². The van der Waals surface area contributed by atoms with Crippen molar-refractivity contribution in [2.75, 3.05) is 12.0 Å². The molecule has 0 atom stereocenters. The monoisotopic (exact) mass is 395 g/mol. The Morgan fingerprint density at radius 1 is 1.00 bits per heavy atom. The lowest BCUT2D eigenvalue weighted by Crippen LogP contribution is -2.17. The van der Waals surface area contributed by atoms with Gasteiger partial charge in [-0.05, 0) is 52.6 Å². The summed E-state index contributed by atoms with van der Waals surface area (Å²) in [5.41, 5.74) is 6.72. The molecule has 148 valence electrons. The first-order valence-corrected chi connectivity index (χ1v) is 9.79. The second-order valence-corrected chi connectivity index (χ2v) is 7.22. The van der Waals surface area contributed by atoms with E-state index in [0.29, 0.717) is 0 Å². The third-order valence-corrected chi connectivity index (χ3v) is 5.25. The predicted molar refractivity (Wildman–Crippen MR) is 118 cm³/mol. The van der Waals surface area contributed by atoms with Crippen LogP contribution in [0.25, 0.3) is 23.3 Å². The van der Waals surface area contributed by atoms with Gasteiger partial charge in [-0.1, -0.05) is 30.3 Å². The van der Waals surface area contributed by atoms with E-state index in [-0.39, 0.29) is 0 Å². The highest BCUT2D eigenvalue weighted by Gasteiger charge is 2.21. The standard InChI is InChI=1S/C24H21N5O/c1-30-23-8-6-19-15-29(16-20(19)12-23)24-25-10-9-22(28-24)7-5-17-3-2-4-18(11-17)21-13-26-27-14-21/h2-14H,15-16H2,1H3,(H,26,27). The van der Waals surface area contributed by atoms with Gasteiger partial charge >= 0.3 is 0 Å². The molecule has 0 unspecified atom stereocenters. The number of hydrogen-bond acceptors (Lipinski definition) is 5. The summed E-state index contributed by atoms with van der Waals surface area (Å²) in [6.07, 6.45) is 9.62. The van der Waals surface area contributed by atoms with E-state index in [1.165, 1.54) is 11.1 Å². The first-order valence-electron chi connectivity index (χ1n) is 9.79. The molecule has 1 N–H and O–H groups in total. The Balaban J connectivity index is 1.34. The Hall–Kier alpha value is -3.93. The van der Waals surface area contributed by atoms with E-state index in [1.54, 1.807) is 7.11 Å². The van der Waals surface area contributed by atoms with E-state index < -0.39 is 0 Å². The van der Waals surface area contributed by atoms with Gasteiger partial charge in [-0.25, -0.2) is 9.97 Å². The maximum Gasteiger partial charge on any atom is 0.226 e. The van der Waals surface area contributed by atoms with E-state index in [0.717, 1.165) is 47.2 Å². The number of nitrogens with zero attached hydrogens (tertiary/aromatic N) is 4. The van der Waals surface area contributed by atoms with Gasteiger partial charge in [-0.15, -0.1) is 0 Å². The lowest BCUT2D eigenvalue weighted by molar-refractivity contribution is 0.414. The number of nitrogens with one attached hydrogen (secondary N) is 1. The van der Waals surface area contributed by atoms with Crippen molar-refractivity contribution < 1.29 is 4.74 Å². The van der Waals surface area contributed by atoms with Gasteiger partial charge in [0.05, 0.1) is 19.0 Å². The second-order valence-electron chi connectivity index (χ2n) is 7.22. The van der Waals surface area contributed by atoms with Crippen LogP contribution in [0, 0.1) is 0 Å². The molecule has 4 aromatic rings. The van der Waals surface area contributed by atoms with Gasteiger partial charge in [-0.3, -0.25) is 5.10 Å². The molecule has 0 saturated heterocycles. The molecular formula is C24H21N5O. The number of benzene rings is 2. The fraction of sp³-hybridized carbons (Fsp3) is 0.125. The van der Waals surface area contributed by atoms with Crippen molar-refractivity contribution in [3.8, 4) is 16.9 Å². The highest BCUT2D eigenvalue weighted by molar-refractivity contribution is 5.72. The fourth-order valence-electron chi connectivity index (χ4n) is 3.66. The normalized spacial score (nSPS) is 13.0. The first kappa shape index (κ1) is 18.1. The number of fused-ring (bicyclic) bond motifs is 1. The third-order valence-electron chi connectivity index (χ3n) is 5.25. The van der Waals surface area contributed by atoms with Crippen molar-refractivity contribution >= 4 is 18.1 Å². The summed E-state index contributed by atoms with van der Waals surface area (Å²) in [6.45, 7) is 1.59. The van der Waals surface area contributed by atoms with E-state index >= 15 is 0 Å². The zero-order valence-electron chi connectivity index (χ0n) is 16.6. The van der Waals surface area contributed by atoms with Gasteiger partial charge in [0.25, 0.3) is 0 Å². The highest BCUT2D eigenvalue weighted by atomic mass is 16.5. The summed E-state index contributed by atoms with van der Waals surface area (Å²) in [5, 5.41) is 6.88. The molecule has 0 amide bonds. The summed E-state index contributed by atoms with van der Waals surface area (Å²) in [5.74, 6) is 1.62. The average Bonchev–Trinajstić information content (AvgIpc) is 3.48. The maximum absolute atomic E-state index is 5.34. The lowest BCUT2D eigenvalue weighted by atomic mass is 10.1. The molecule has 0 aliphatic carbocycles. The molecule has 2 aromatic carbocycles. The van der Waals surface area contributed by atoms with Crippen molar-refractivity contribution in [3.63, 3.8) is 0 Å². The molecular weight excluding hydrogens is 374 g/mol. The molecule has 5 rings (SSSR count). The summed E-state index contributed by atoms with van der Waals surface area (Å²) in [7, 11) is 1.69. The first-order chi connectivity index (χ1) is 14.8. The zero-order valence-corrected chi connectivity index (χ0v) is 16.6. The molecule has 2 aromatic heterocycles. The number of aromatic amines is 1. The SMILES string of the molecule is COc1ccc2c(c1)CN(c1nccc(C=Cc3cccc(-c4cn[nH]c4)c3)n1)C2. The van der Waals surface area contributed by atoms with E-state index in [1.807, 2.05) is 42.9 Å². The van der Waals surface area contributed by atoms with Gasteiger partial charge in [0.2, 0.25) is 5.95 Å². The molecule has 1 aliphatic rings. The minimum absolute atomic E-state index is 0.736. The van der Waals surface area contributed by atoms with Crippen LogP contribution in [-0.2, 0) is 13.1 Å². The van der Waals surface area contributed by atoms with Gasteiger partial charge in [0, 0.05) is 31.0 Å². The minimum atomic E-state index is 0.736. The topological polar surface area (TPSA) is 66.9 Å². The van der Waals surface area contributed by atoms with E-state index in [9.17, 15) is 0 Å². The fourth-order valence-corrected chi connectivity index (χ4v) is 3.66. The number of anilines is 1. The quantitative estimate of drug-likeness (QED) is 0.536. The van der Waals surface area contributed by atoms with Crippen LogP contribution in [-0.4, -0.2) is 27.3 Å². The number of hydrogen-bond donors (Lipinski definition) is 1. The van der Waals surface area contributed by atoms with Gasteiger partial charge < -0.3 is 9.64 Å². The Labute approximate surface area is 174 Å². The Kier molecular flexibility index (Phi) is 4.73. The molecule has 3 heterocycles. The number of H-pyrrole nitrogens is 1. The summed E-state index contributed by atoms with van der Waals surface area (Å²) in [4.78, 5) is 11.4. The van der Waals surface area contributed by atoms with Crippen molar-refractivity contribution in [1.29, 1.82) is 0 Å². The largest absolute Gasteiger partial charge is 0.497 e. The molecule has 0 fully saturated rings. The molecule has 0 spiro atoms. The van der Waals surface area contributed by atoms with Crippen LogP contribution in [0.2, 0.25) is 0 Å². The molecule has 0 saturated carbocycles. The average molecular weight is 395 g/mol. The van der Waals surface area contributed by atoms with Crippen molar-refractivity contribution in [2.45, 2.75) is 13.1 Å². The molecule has 30 heavy (non-hydrogen) atoms. The van der Waals surface area contributed by atoms with Crippen molar-refractivity contribution in [2.24, 2.45) is 0 Å². The van der Waals surface area contributed by atoms with Crippen molar-refractivity contribution in [1.82, 2.24) is 20.2 Å². The van der Waals surface area contributed by atoms with Crippen LogP contribution >= 0.6 is 0 Å². The van der Waals surface area contributed by atoms with Crippen LogP contribution in [0.4, 0.5) is 5.95 Å². The molecule has 0 bridgehead atoms. The molecule has 6 nitrogen and oxygen atoms in total. The third kappa shape index (κ3) is 3.67. The van der Waals surface area contributed by atoms with Crippen LogP contribution < -0.4 is 9.64 Å². The summed E-state index contributed by atoms with van der Waals surface area (Å²) in [6, 6.07) is 16.5. The van der Waals surface area contributed by atoms with Crippen LogP contribution in [0.5, 0.6) is 5.75 Å². The van der Waals surface area contributed by atoms with E-state index in [4.69, 9.17) is 9.72 Å². The summed E-state index contributed by atoms with van der Waals surface area (Å²) < 4.78 is 5.34. The number of ether oxygens (including phenoxy) is 1.